The average Bonchev–Trinajstić information content (AvgIpc) is 2.43. The van der Waals surface area contributed by atoms with E-state index in [0.29, 0.717) is 5.11 Å². The fourth-order valence-corrected chi connectivity index (χ4v) is 2.21. The third kappa shape index (κ3) is 6.27. The Morgan fingerprint density at radius 2 is 2.14 bits per heavy atom. The van der Waals surface area contributed by atoms with E-state index in [1.165, 1.54) is 18.1 Å². The van der Waals surface area contributed by atoms with E-state index in [-0.39, 0.29) is 17.6 Å². The van der Waals surface area contributed by atoms with E-state index in [2.05, 4.69) is 24.7 Å². The molecule has 6 heteroatoms. The Labute approximate surface area is 131 Å². The summed E-state index contributed by atoms with van der Waals surface area (Å²) in [6.45, 7) is 3.87. The molecule has 0 aromatic heterocycles. The first-order valence-electron chi connectivity index (χ1n) is 7.11. The molecule has 0 amide bonds. The summed E-state index contributed by atoms with van der Waals surface area (Å²) in [5.74, 6) is -0.116. The molecule has 0 saturated heterocycles. The summed E-state index contributed by atoms with van der Waals surface area (Å²) in [4.78, 5) is 1.41. The maximum atomic E-state index is 13.7. The van der Waals surface area contributed by atoms with Crippen LogP contribution in [-0.4, -0.2) is 39.4 Å². The molecule has 0 radical (unpaired) electrons. The Morgan fingerprint density at radius 1 is 1.43 bits per heavy atom. The van der Waals surface area contributed by atoms with Crippen LogP contribution in [-0.2, 0) is 0 Å². The summed E-state index contributed by atoms with van der Waals surface area (Å²) in [7, 11) is 5.70. The van der Waals surface area contributed by atoms with Crippen LogP contribution in [0.1, 0.15) is 24.9 Å². The van der Waals surface area contributed by atoms with Crippen LogP contribution >= 0.6 is 12.2 Å². The van der Waals surface area contributed by atoms with E-state index in [4.69, 9.17) is 17.0 Å². The highest BCUT2D eigenvalue weighted by molar-refractivity contribution is 7.80. The molecule has 0 aliphatic heterocycles. The minimum Gasteiger partial charge on any atom is -0.494 e. The van der Waals surface area contributed by atoms with Gasteiger partial charge in [0.25, 0.3) is 0 Å². The molecule has 21 heavy (non-hydrogen) atoms. The molecule has 0 bridgehead atoms. The van der Waals surface area contributed by atoms with Gasteiger partial charge in [0.2, 0.25) is 0 Å². The summed E-state index contributed by atoms with van der Waals surface area (Å²) in [5.41, 5.74) is 0.829. The van der Waals surface area contributed by atoms with Crippen molar-refractivity contribution in [1.82, 2.24) is 10.6 Å². The van der Waals surface area contributed by atoms with Gasteiger partial charge in [-0.3, -0.25) is 0 Å². The Bertz CT molecular complexity index is 468. The van der Waals surface area contributed by atoms with Crippen molar-refractivity contribution in [3.8, 4) is 5.75 Å². The van der Waals surface area contributed by atoms with Gasteiger partial charge in [0, 0.05) is 13.0 Å². The lowest BCUT2D eigenvalue weighted by molar-refractivity contribution is -0.858. The standard InChI is InChI=1S/C15H24FN3OS/c1-11(12-6-7-14(20-4)13(16)10-12)18-15(21)17-8-5-9-19(2)3/h6-7,10-11H,5,8-9H2,1-4H3,(H2,17,18,21)/p+1/t11-/m0/s1. The number of halogens is 1. The van der Waals surface area contributed by atoms with E-state index in [1.54, 1.807) is 6.07 Å². The van der Waals surface area contributed by atoms with Gasteiger partial charge < -0.3 is 20.3 Å². The van der Waals surface area contributed by atoms with Crippen LogP contribution < -0.4 is 20.3 Å². The number of benzene rings is 1. The number of quaternary nitrogens is 1. The molecular formula is C15H25FN3OS+. The lowest BCUT2D eigenvalue weighted by atomic mass is 10.1. The van der Waals surface area contributed by atoms with Gasteiger partial charge in [-0.05, 0) is 36.8 Å². The first-order valence-corrected chi connectivity index (χ1v) is 7.51. The van der Waals surface area contributed by atoms with Crippen LogP contribution in [0.15, 0.2) is 18.2 Å². The van der Waals surface area contributed by atoms with Crippen LogP contribution in [0.25, 0.3) is 0 Å². The van der Waals surface area contributed by atoms with Crippen molar-refractivity contribution >= 4 is 17.3 Å². The highest BCUT2D eigenvalue weighted by Gasteiger charge is 2.10. The van der Waals surface area contributed by atoms with Crippen molar-refractivity contribution in [2.45, 2.75) is 19.4 Å². The quantitative estimate of drug-likeness (QED) is 0.516. The number of hydrogen-bond donors (Lipinski definition) is 3. The first-order chi connectivity index (χ1) is 9.93. The molecule has 0 aliphatic carbocycles. The van der Waals surface area contributed by atoms with Gasteiger partial charge in [-0.2, -0.15) is 0 Å². The molecule has 0 spiro atoms. The van der Waals surface area contributed by atoms with Gasteiger partial charge in [-0.1, -0.05) is 6.07 Å². The van der Waals surface area contributed by atoms with E-state index in [1.807, 2.05) is 13.0 Å². The van der Waals surface area contributed by atoms with Crippen molar-refractivity contribution in [3.63, 3.8) is 0 Å². The van der Waals surface area contributed by atoms with Gasteiger partial charge in [-0.25, -0.2) is 4.39 Å². The fourth-order valence-electron chi connectivity index (χ4n) is 1.93. The summed E-state index contributed by atoms with van der Waals surface area (Å²) >= 11 is 5.24. The van der Waals surface area contributed by atoms with Gasteiger partial charge in [0.15, 0.2) is 16.7 Å². The smallest absolute Gasteiger partial charge is 0.166 e. The predicted molar refractivity (Wildman–Crippen MR) is 87.4 cm³/mol. The van der Waals surface area contributed by atoms with Gasteiger partial charge in [-0.15, -0.1) is 0 Å². The topological polar surface area (TPSA) is 37.7 Å². The monoisotopic (exact) mass is 314 g/mol. The molecule has 1 rings (SSSR count). The SMILES string of the molecule is COc1ccc([C@H](C)NC(=S)NCCC[NH+](C)C)cc1F. The third-order valence-corrected chi connectivity index (χ3v) is 3.42. The van der Waals surface area contributed by atoms with Crippen molar-refractivity contribution < 1.29 is 14.0 Å². The normalized spacial score (nSPS) is 12.1. The second kappa shape index (κ2) is 8.79. The Kier molecular flexibility index (Phi) is 7.39. The Hall–Kier alpha value is -1.40. The molecule has 0 saturated carbocycles. The lowest BCUT2D eigenvalue weighted by Gasteiger charge is -2.18. The van der Waals surface area contributed by atoms with Gasteiger partial charge >= 0.3 is 0 Å². The first kappa shape index (κ1) is 17.7. The molecule has 118 valence electrons. The molecule has 0 heterocycles. The fraction of sp³-hybridized carbons (Fsp3) is 0.533. The minimum absolute atomic E-state index is 0.0649. The largest absolute Gasteiger partial charge is 0.494 e. The lowest BCUT2D eigenvalue weighted by Crippen LogP contribution is -3.05. The van der Waals surface area contributed by atoms with Gasteiger partial charge in [0.1, 0.15) is 0 Å². The number of methoxy groups -OCH3 is 1. The summed E-state index contributed by atoms with van der Waals surface area (Å²) < 4.78 is 18.6. The zero-order valence-corrected chi connectivity index (χ0v) is 13.9. The van der Waals surface area contributed by atoms with Crippen LogP contribution in [0.5, 0.6) is 5.75 Å². The molecule has 4 nitrogen and oxygen atoms in total. The second-order valence-electron chi connectivity index (χ2n) is 5.33. The number of hydrogen-bond acceptors (Lipinski definition) is 2. The molecular weight excluding hydrogens is 289 g/mol. The average molecular weight is 314 g/mol. The molecule has 1 aromatic carbocycles. The molecule has 0 fully saturated rings. The number of ether oxygens (including phenoxy) is 1. The van der Waals surface area contributed by atoms with Crippen molar-refractivity contribution in [1.29, 1.82) is 0 Å². The highest BCUT2D eigenvalue weighted by Crippen LogP contribution is 2.21. The van der Waals surface area contributed by atoms with Crippen LogP contribution in [0.3, 0.4) is 0 Å². The summed E-state index contributed by atoms with van der Waals surface area (Å²) in [5, 5.41) is 6.91. The maximum Gasteiger partial charge on any atom is 0.166 e. The number of rotatable bonds is 7. The van der Waals surface area contributed by atoms with Gasteiger partial charge in [0.05, 0.1) is 33.8 Å². The van der Waals surface area contributed by atoms with E-state index in [9.17, 15) is 4.39 Å². The number of nitrogens with one attached hydrogen (secondary N) is 3. The van der Waals surface area contributed by atoms with E-state index in [0.717, 1.165) is 25.1 Å². The third-order valence-electron chi connectivity index (χ3n) is 3.16. The zero-order chi connectivity index (χ0) is 15.8. The van der Waals surface area contributed by atoms with Crippen LogP contribution in [0.4, 0.5) is 4.39 Å². The summed E-state index contributed by atoms with van der Waals surface area (Å²) in [6.07, 6.45) is 1.05. The molecule has 3 N–H and O–H groups in total. The van der Waals surface area contributed by atoms with E-state index >= 15 is 0 Å². The van der Waals surface area contributed by atoms with Crippen molar-refractivity contribution in [2.24, 2.45) is 0 Å². The van der Waals surface area contributed by atoms with Crippen LogP contribution in [0, 0.1) is 5.82 Å². The predicted octanol–water partition coefficient (Wildman–Crippen LogP) is 0.894. The molecule has 1 aromatic rings. The second-order valence-corrected chi connectivity index (χ2v) is 5.73. The highest BCUT2D eigenvalue weighted by atomic mass is 32.1. The molecule has 0 aliphatic rings. The minimum atomic E-state index is -0.364. The zero-order valence-electron chi connectivity index (χ0n) is 13.1. The summed E-state index contributed by atoms with van der Waals surface area (Å²) in [6, 6.07) is 4.86. The Morgan fingerprint density at radius 3 is 2.71 bits per heavy atom. The molecule has 1 atom stereocenters. The molecule has 0 unspecified atom stereocenters. The van der Waals surface area contributed by atoms with E-state index < -0.39 is 0 Å². The van der Waals surface area contributed by atoms with Crippen molar-refractivity contribution in [3.05, 3.63) is 29.6 Å². The number of thiocarbonyl (C=S) groups is 1. The maximum absolute atomic E-state index is 13.7. The van der Waals surface area contributed by atoms with Crippen LogP contribution in [0.2, 0.25) is 0 Å². The van der Waals surface area contributed by atoms with Crippen molar-refractivity contribution in [2.75, 3.05) is 34.3 Å². The Balaban J connectivity index is 2.43.